The van der Waals surface area contributed by atoms with E-state index < -0.39 is 0 Å². The zero-order valence-electron chi connectivity index (χ0n) is 15.6. The summed E-state index contributed by atoms with van der Waals surface area (Å²) in [5, 5.41) is 6.26. The molecule has 0 spiro atoms. The van der Waals surface area contributed by atoms with E-state index in [1.807, 2.05) is 31.2 Å². The van der Waals surface area contributed by atoms with Gasteiger partial charge in [0.25, 0.3) is 5.91 Å². The number of nitrogens with zero attached hydrogens (tertiary/aromatic N) is 1. The first-order chi connectivity index (χ1) is 13.2. The van der Waals surface area contributed by atoms with Crippen LogP contribution in [0, 0.1) is 6.92 Å². The van der Waals surface area contributed by atoms with Gasteiger partial charge in [0, 0.05) is 24.8 Å². The van der Waals surface area contributed by atoms with Crippen LogP contribution in [-0.2, 0) is 13.0 Å². The maximum atomic E-state index is 12.4. The van der Waals surface area contributed by atoms with E-state index in [0.717, 1.165) is 30.8 Å². The molecule has 138 valence electrons. The number of carbonyl (C=O) groups is 1. The Kier molecular flexibility index (Phi) is 6.58. The highest BCUT2D eigenvalue weighted by atomic mass is 16.1. The van der Waals surface area contributed by atoms with Crippen molar-refractivity contribution in [2.45, 2.75) is 26.3 Å². The molecule has 0 aliphatic heterocycles. The molecule has 0 unspecified atom stereocenters. The van der Waals surface area contributed by atoms with Gasteiger partial charge in [-0.15, -0.1) is 0 Å². The molecule has 3 rings (SSSR count). The third-order valence-electron chi connectivity index (χ3n) is 4.35. The molecular formula is C23H25N3O. The van der Waals surface area contributed by atoms with Crippen LogP contribution >= 0.6 is 0 Å². The lowest BCUT2D eigenvalue weighted by Crippen LogP contribution is -2.23. The van der Waals surface area contributed by atoms with E-state index in [0.29, 0.717) is 12.1 Å². The Morgan fingerprint density at radius 1 is 0.963 bits per heavy atom. The highest BCUT2D eigenvalue weighted by Crippen LogP contribution is 2.09. The van der Waals surface area contributed by atoms with Crippen LogP contribution in [0.2, 0.25) is 0 Å². The second-order valence-electron chi connectivity index (χ2n) is 6.62. The highest BCUT2D eigenvalue weighted by Gasteiger charge is 2.07. The van der Waals surface area contributed by atoms with Gasteiger partial charge in [0.05, 0.1) is 0 Å². The number of hydrogen-bond donors (Lipinski definition) is 2. The van der Waals surface area contributed by atoms with Gasteiger partial charge in [0.2, 0.25) is 0 Å². The van der Waals surface area contributed by atoms with E-state index >= 15 is 0 Å². The normalized spacial score (nSPS) is 10.4. The Balaban J connectivity index is 1.48. The lowest BCUT2D eigenvalue weighted by atomic mass is 10.1. The van der Waals surface area contributed by atoms with Crippen LogP contribution in [0.1, 0.15) is 33.5 Å². The summed E-state index contributed by atoms with van der Waals surface area (Å²) >= 11 is 0. The number of anilines is 1. The summed E-state index contributed by atoms with van der Waals surface area (Å²) in [6.45, 7) is 3.38. The molecule has 1 aromatic heterocycles. The van der Waals surface area contributed by atoms with Crippen molar-refractivity contribution in [2.75, 3.05) is 11.9 Å². The molecule has 1 heterocycles. The summed E-state index contributed by atoms with van der Waals surface area (Å²) in [7, 11) is 0. The zero-order chi connectivity index (χ0) is 18.9. The van der Waals surface area contributed by atoms with Gasteiger partial charge in [-0.25, -0.2) is 4.98 Å². The zero-order valence-corrected chi connectivity index (χ0v) is 15.6. The number of pyridine rings is 1. The minimum Gasteiger partial charge on any atom is -0.370 e. The van der Waals surface area contributed by atoms with Crippen molar-refractivity contribution in [1.82, 2.24) is 10.3 Å². The molecule has 2 aromatic carbocycles. The Hall–Kier alpha value is -3.14. The van der Waals surface area contributed by atoms with Gasteiger partial charge < -0.3 is 10.6 Å². The maximum absolute atomic E-state index is 12.4. The number of hydrogen-bond acceptors (Lipinski definition) is 3. The van der Waals surface area contributed by atoms with Crippen LogP contribution in [0.15, 0.2) is 72.9 Å². The molecule has 0 saturated carbocycles. The SMILES string of the molecule is Cc1cccc(CNC(=O)c2ccnc(NCCCc3ccccc3)c2)c1. The average molecular weight is 359 g/mol. The van der Waals surface area contributed by atoms with E-state index in [-0.39, 0.29) is 5.91 Å². The highest BCUT2D eigenvalue weighted by molar-refractivity contribution is 5.94. The number of amides is 1. The molecule has 1 amide bonds. The van der Waals surface area contributed by atoms with E-state index in [4.69, 9.17) is 0 Å². The van der Waals surface area contributed by atoms with Crippen LogP contribution < -0.4 is 10.6 Å². The number of aromatic nitrogens is 1. The molecule has 0 bridgehead atoms. The monoisotopic (exact) mass is 359 g/mol. The maximum Gasteiger partial charge on any atom is 0.251 e. The first-order valence-electron chi connectivity index (χ1n) is 9.28. The first-order valence-corrected chi connectivity index (χ1v) is 9.28. The number of nitrogens with one attached hydrogen (secondary N) is 2. The molecule has 0 atom stereocenters. The predicted molar refractivity (Wildman–Crippen MR) is 110 cm³/mol. The first kappa shape index (κ1) is 18.6. The molecule has 2 N–H and O–H groups in total. The second kappa shape index (κ2) is 9.53. The Morgan fingerprint density at radius 3 is 2.59 bits per heavy atom. The van der Waals surface area contributed by atoms with Crippen molar-refractivity contribution in [1.29, 1.82) is 0 Å². The van der Waals surface area contributed by atoms with Gasteiger partial charge in [-0.2, -0.15) is 0 Å². The molecule has 3 aromatic rings. The number of rotatable bonds is 8. The van der Waals surface area contributed by atoms with Crippen molar-refractivity contribution in [3.8, 4) is 0 Å². The molecule has 4 heteroatoms. The van der Waals surface area contributed by atoms with Crippen LogP contribution in [0.3, 0.4) is 0 Å². The fourth-order valence-electron chi connectivity index (χ4n) is 2.93. The van der Waals surface area contributed by atoms with Crippen LogP contribution in [0.4, 0.5) is 5.82 Å². The minimum absolute atomic E-state index is 0.0914. The fraction of sp³-hybridized carbons (Fsp3) is 0.217. The molecule has 0 radical (unpaired) electrons. The van der Waals surface area contributed by atoms with E-state index in [1.165, 1.54) is 11.1 Å². The topological polar surface area (TPSA) is 54.0 Å². The summed E-state index contributed by atoms with van der Waals surface area (Å²) < 4.78 is 0. The van der Waals surface area contributed by atoms with E-state index in [1.54, 1.807) is 18.3 Å². The standard InChI is InChI=1S/C23H25N3O/c1-18-7-5-10-20(15-18)17-26-23(27)21-12-14-25-22(16-21)24-13-6-11-19-8-3-2-4-9-19/h2-5,7-10,12,14-16H,6,11,13,17H2,1H3,(H,24,25)(H,26,27). The van der Waals surface area contributed by atoms with Crippen molar-refractivity contribution < 1.29 is 4.79 Å². The largest absolute Gasteiger partial charge is 0.370 e. The van der Waals surface area contributed by atoms with Gasteiger partial charge in [0.1, 0.15) is 5.82 Å². The van der Waals surface area contributed by atoms with Crippen LogP contribution in [0.25, 0.3) is 0 Å². The molecule has 4 nitrogen and oxygen atoms in total. The number of benzene rings is 2. The third kappa shape index (κ3) is 5.96. The third-order valence-corrected chi connectivity index (χ3v) is 4.35. The summed E-state index contributed by atoms with van der Waals surface area (Å²) in [4.78, 5) is 16.7. The molecule has 0 saturated heterocycles. The van der Waals surface area contributed by atoms with Crippen LogP contribution in [-0.4, -0.2) is 17.4 Å². The Morgan fingerprint density at radius 2 is 1.78 bits per heavy atom. The van der Waals surface area contributed by atoms with Crippen molar-refractivity contribution in [3.63, 3.8) is 0 Å². The Labute approximate surface area is 160 Å². The molecule has 27 heavy (non-hydrogen) atoms. The van der Waals surface area contributed by atoms with Gasteiger partial charge in [-0.05, 0) is 43.0 Å². The van der Waals surface area contributed by atoms with E-state index in [2.05, 4.69) is 45.9 Å². The Bertz CT molecular complexity index is 878. The quantitative estimate of drug-likeness (QED) is 0.588. The lowest BCUT2D eigenvalue weighted by molar-refractivity contribution is 0.0951. The summed E-state index contributed by atoms with van der Waals surface area (Å²) in [6, 6.07) is 22.1. The van der Waals surface area contributed by atoms with Gasteiger partial charge in [-0.1, -0.05) is 60.2 Å². The van der Waals surface area contributed by atoms with Crippen molar-refractivity contribution in [2.24, 2.45) is 0 Å². The van der Waals surface area contributed by atoms with Gasteiger partial charge >= 0.3 is 0 Å². The lowest BCUT2D eigenvalue weighted by Gasteiger charge is -2.09. The van der Waals surface area contributed by atoms with Gasteiger partial charge in [-0.3, -0.25) is 4.79 Å². The summed E-state index contributed by atoms with van der Waals surface area (Å²) in [6.07, 6.45) is 3.70. The van der Waals surface area contributed by atoms with Crippen molar-refractivity contribution >= 4 is 11.7 Å². The predicted octanol–water partition coefficient (Wildman–Crippen LogP) is 4.36. The van der Waals surface area contributed by atoms with Crippen molar-refractivity contribution in [3.05, 3.63) is 95.2 Å². The van der Waals surface area contributed by atoms with E-state index in [9.17, 15) is 4.79 Å². The molecule has 0 aliphatic carbocycles. The molecular weight excluding hydrogens is 334 g/mol. The second-order valence-corrected chi connectivity index (χ2v) is 6.62. The van der Waals surface area contributed by atoms with Crippen LogP contribution in [0.5, 0.6) is 0 Å². The number of carbonyl (C=O) groups excluding carboxylic acids is 1. The molecule has 0 fully saturated rings. The number of aryl methyl sites for hydroxylation is 2. The average Bonchev–Trinajstić information content (AvgIpc) is 2.70. The smallest absolute Gasteiger partial charge is 0.251 e. The summed E-state index contributed by atoms with van der Waals surface area (Å²) in [5.74, 6) is 0.637. The minimum atomic E-state index is -0.0914. The summed E-state index contributed by atoms with van der Waals surface area (Å²) in [5.41, 5.74) is 4.23. The fourth-order valence-corrected chi connectivity index (χ4v) is 2.93. The van der Waals surface area contributed by atoms with Gasteiger partial charge in [0.15, 0.2) is 0 Å². The molecule has 0 aliphatic rings.